The average Bonchev–Trinajstić information content (AvgIpc) is 2.67. The summed E-state index contributed by atoms with van der Waals surface area (Å²) in [5, 5.41) is 51.1. The molecule has 12 heteroatoms. The van der Waals surface area contributed by atoms with Crippen molar-refractivity contribution >= 4 is 11.8 Å². The smallest absolute Gasteiger partial charge is 0.251 e. The first-order valence-electron chi connectivity index (χ1n) is 8.37. The number of ether oxygens (including phenoxy) is 3. The fourth-order valence-electron chi connectivity index (χ4n) is 1.75. The van der Waals surface area contributed by atoms with Crippen LogP contribution in [0.25, 0.3) is 0 Å². The number of carbonyl (C=O) groups is 2. The molecule has 0 spiro atoms. The molecule has 0 heterocycles. The van der Waals surface area contributed by atoms with Crippen molar-refractivity contribution in [3.63, 3.8) is 0 Å². The van der Waals surface area contributed by atoms with Crippen molar-refractivity contribution in [2.24, 2.45) is 0 Å². The number of methoxy groups -OCH3 is 1. The van der Waals surface area contributed by atoms with Gasteiger partial charge in [0.05, 0.1) is 33.0 Å². The predicted molar refractivity (Wildman–Crippen MR) is 90.6 cm³/mol. The van der Waals surface area contributed by atoms with Crippen LogP contribution in [-0.2, 0) is 23.8 Å². The van der Waals surface area contributed by atoms with E-state index in [0.717, 1.165) is 0 Å². The minimum Gasteiger partial charge on any atom is -0.394 e. The fourth-order valence-corrected chi connectivity index (χ4v) is 1.75. The maximum Gasteiger partial charge on any atom is 0.251 e. The Morgan fingerprint density at radius 3 is 2.11 bits per heavy atom. The molecule has 4 unspecified atom stereocenters. The van der Waals surface area contributed by atoms with Gasteiger partial charge in [-0.15, -0.1) is 0 Å². The van der Waals surface area contributed by atoms with Gasteiger partial charge in [-0.3, -0.25) is 9.59 Å². The first-order chi connectivity index (χ1) is 12.8. The van der Waals surface area contributed by atoms with Crippen molar-refractivity contribution in [1.29, 1.82) is 0 Å². The summed E-state index contributed by atoms with van der Waals surface area (Å²) >= 11 is 0. The fraction of sp³-hybridized carbons (Fsp3) is 0.867. The Labute approximate surface area is 157 Å². The third-order valence-electron chi connectivity index (χ3n) is 3.31. The Kier molecular flexibility index (Phi) is 14.9. The van der Waals surface area contributed by atoms with E-state index in [2.05, 4.69) is 10.6 Å². The van der Waals surface area contributed by atoms with Gasteiger partial charge in [0, 0.05) is 20.2 Å². The van der Waals surface area contributed by atoms with E-state index in [0.29, 0.717) is 19.8 Å². The summed E-state index contributed by atoms with van der Waals surface area (Å²) in [6.07, 6.45) is -7.60. The van der Waals surface area contributed by atoms with Gasteiger partial charge >= 0.3 is 0 Å². The van der Waals surface area contributed by atoms with Gasteiger partial charge in [0.2, 0.25) is 5.91 Å². The van der Waals surface area contributed by atoms with Crippen molar-refractivity contribution in [3.05, 3.63) is 0 Å². The third kappa shape index (κ3) is 11.8. The van der Waals surface area contributed by atoms with Crippen LogP contribution >= 0.6 is 0 Å². The third-order valence-corrected chi connectivity index (χ3v) is 3.31. The molecule has 0 rings (SSSR count). The van der Waals surface area contributed by atoms with Crippen LogP contribution in [0.4, 0.5) is 0 Å². The quantitative estimate of drug-likeness (QED) is 0.125. The number of carbonyl (C=O) groups excluding carboxylic acids is 2. The molecule has 12 nitrogen and oxygen atoms in total. The van der Waals surface area contributed by atoms with Crippen LogP contribution < -0.4 is 10.6 Å². The zero-order valence-electron chi connectivity index (χ0n) is 15.2. The summed E-state index contributed by atoms with van der Waals surface area (Å²) in [4.78, 5) is 23.1. The zero-order valence-corrected chi connectivity index (χ0v) is 15.2. The monoisotopic (exact) mass is 398 g/mol. The molecule has 0 bridgehead atoms. The van der Waals surface area contributed by atoms with E-state index in [9.17, 15) is 24.9 Å². The van der Waals surface area contributed by atoms with E-state index in [1.165, 1.54) is 0 Å². The number of hydrogen-bond acceptors (Lipinski definition) is 10. The Balaban J connectivity index is 3.81. The molecular formula is C15H30N2O10. The van der Waals surface area contributed by atoms with Crippen LogP contribution in [0, 0.1) is 0 Å². The molecule has 0 aromatic heterocycles. The highest BCUT2D eigenvalue weighted by Crippen LogP contribution is 2.05. The second kappa shape index (κ2) is 15.7. The molecule has 0 saturated heterocycles. The van der Waals surface area contributed by atoms with Gasteiger partial charge in [-0.05, 0) is 0 Å². The van der Waals surface area contributed by atoms with E-state index in [1.807, 2.05) is 0 Å². The van der Waals surface area contributed by atoms with Crippen LogP contribution in [0.2, 0.25) is 0 Å². The summed E-state index contributed by atoms with van der Waals surface area (Å²) in [6, 6.07) is 0. The maximum absolute atomic E-state index is 11.6. The summed E-state index contributed by atoms with van der Waals surface area (Å²) in [7, 11) is 1.56. The summed E-state index contributed by atoms with van der Waals surface area (Å²) in [6.45, 7) is 0.426. The van der Waals surface area contributed by atoms with Crippen LogP contribution in [0.1, 0.15) is 0 Å². The SMILES string of the molecule is COCCOCCOCC(=O)NCCNC(=O)C(O)C(O)C(O)C(O)CO. The lowest BCUT2D eigenvalue weighted by atomic mass is 10.0. The van der Waals surface area contributed by atoms with Crippen molar-refractivity contribution < 1.29 is 49.3 Å². The first-order valence-corrected chi connectivity index (χ1v) is 8.37. The number of nitrogens with one attached hydrogen (secondary N) is 2. The summed E-state index contributed by atoms with van der Waals surface area (Å²) in [5.74, 6) is -1.42. The molecule has 27 heavy (non-hydrogen) atoms. The number of amides is 2. The first kappa shape index (κ1) is 25.6. The molecule has 0 fully saturated rings. The van der Waals surface area contributed by atoms with Crippen LogP contribution in [-0.4, -0.2) is 122 Å². The number of aliphatic hydroxyl groups excluding tert-OH is 5. The average molecular weight is 398 g/mol. The van der Waals surface area contributed by atoms with Gasteiger partial charge in [-0.25, -0.2) is 0 Å². The van der Waals surface area contributed by atoms with Gasteiger partial charge in [-0.1, -0.05) is 0 Å². The van der Waals surface area contributed by atoms with Crippen molar-refractivity contribution in [3.8, 4) is 0 Å². The van der Waals surface area contributed by atoms with E-state index in [4.69, 9.17) is 24.4 Å². The molecule has 0 aliphatic heterocycles. The standard InChI is InChI=1S/C15H30N2O10/c1-25-4-5-26-6-7-27-9-11(20)16-2-3-17-15(24)14(23)13(22)12(21)10(19)8-18/h10,12-14,18-19,21-23H,2-9H2,1H3,(H,16,20)(H,17,24). The number of rotatable bonds is 16. The predicted octanol–water partition coefficient (Wildman–Crippen LogP) is -4.67. The van der Waals surface area contributed by atoms with E-state index >= 15 is 0 Å². The lowest BCUT2D eigenvalue weighted by Crippen LogP contribution is -2.52. The number of hydrogen-bond donors (Lipinski definition) is 7. The molecule has 0 aromatic rings. The highest BCUT2D eigenvalue weighted by Gasteiger charge is 2.33. The number of aliphatic hydroxyl groups is 5. The lowest BCUT2D eigenvalue weighted by Gasteiger charge is -2.24. The van der Waals surface area contributed by atoms with Gasteiger partial charge < -0.3 is 50.4 Å². The molecule has 0 saturated carbocycles. The minimum absolute atomic E-state index is 0.0445. The Hall–Kier alpha value is -1.38. The van der Waals surface area contributed by atoms with Crippen molar-refractivity contribution in [2.75, 3.05) is 59.8 Å². The molecule has 0 aliphatic rings. The molecule has 4 atom stereocenters. The van der Waals surface area contributed by atoms with E-state index in [1.54, 1.807) is 7.11 Å². The Morgan fingerprint density at radius 2 is 1.48 bits per heavy atom. The molecule has 0 radical (unpaired) electrons. The lowest BCUT2D eigenvalue weighted by molar-refractivity contribution is -0.148. The Morgan fingerprint density at radius 1 is 0.889 bits per heavy atom. The largest absolute Gasteiger partial charge is 0.394 e. The second-order valence-electron chi connectivity index (χ2n) is 5.47. The molecular weight excluding hydrogens is 368 g/mol. The maximum atomic E-state index is 11.6. The van der Waals surface area contributed by atoms with Crippen molar-refractivity contribution in [1.82, 2.24) is 10.6 Å². The molecule has 0 aliphatic carbocycles. The van der Waals surface area contributed by atoms with Gasteiger partial charge in [0.25, 0.3) is 5.91 Å². The normalized spacial score (nSPS) is 15.6. The molecule has 7 N–H and O–H groups in total. The van der Waals surface area contributed by atoms with E-state index in [-0.39, 0.29) is 26.3 Å². The molecule has 2 amide bonds. The molecule has 0 aromatic carbocycles. The van der Waals surface area contributed by atoms with Crippen molar-refractivity contribution in [2.45, 2.75) is 24.4 Å². The van der Waals surface area contributed by atoms with Gasteiger partial charge in [0.15, 0.2) is 6.10 Å². The van der Waals surface area contributed by atoms with Gasteiger partial charge in [0.1, 0.15) is 24.9 Å². The summed E-state index contributed by atoms with van der Waals surface area (Å²) < 4.78 is 15.0. The minimum atomic E-state index is -2.02. The zero-order chi connectivity index (χ0) is 20.7. The topological polar surface area (TPSA) is 187 Å². The molecule has 160 valence electrons. The van der Waals surface area contributed by atoms with E-state index < -0.39 is 42.8 Å². The van der Waals surface area contributed by atoms with Gasteiger partial charge in [-0.2, -0.15) is 0 Å². The highest BCUT2D eigenvalue weighted by molar-refractivity contribution is 5.81. The van der Waals surface area contributed by atoms with Crippen LogP contribution in [0.15, 0.2) is 0 Å². The van der Waals surface area contributed by atoms with Crippen LogP contribution in [0.3, 0.4) is 0 Å². The highest BCUT2D eigenvalue weighted by atomic mass is 16.5. The van der Waals surface area contributed by atoms with Crippen LogP contribution in [0.5, 0.6) is 0 Å². The Bertz CT molecular complexity index is 412. The summed E-state index contributed by atoms with van der Waals surface area (Å²) in [5.41, 5.74) is 0. The second-order valence-corrected chi connectivity index (χ2v) is 5.47.